The Hall–Kier alpha value is -1.84. The van der Waals surface area contributed by atoms with E-state index in [1.54, 1.807) is 13.2 Å². The lowest BCUT2D eigenvalue weighted by molar-refractivity contribution is 0.0950. The highest BCUT2D eigenvalue weighted by Crippen LogP contribution is 2.10. The molecule has 3 nitrogen and oxygen atoms in total. The number of nitrogens with one attached hydrogen (secondary N) is 1. The molecule has 0 aromatic heterocycles. The molecule has 20 heavy (non-hydrogen) atoms. The van der Waals surface area contributed by atoms with Gasteiger partial charge in [0.1, 0.15) is 0 Å². The second kappa shape index (κ2) is 7.08. The van der Waals surface area contributed by atoms with Gasteiger partial charge in [-0.05, 0) is 35.4 Å². The Bertz CT molecular complexity index is 581. The zero-order valence-electron chi connectivity index (χ0n) is 11.2. The SMILES string of the molecule is COCc1cccc(C(=O)NCc2ccc(Cl)cc2)c1. The first-order valence-corrected chi connectivity index (χ1v) is 6.67. The van der Waals surface area contributed by atoms with E-state index >= 15 is 0 Å². The molecule has 0 bridgehead atoms. The van der Waals surface area contributed by atoms with Crippen molar-refractivity contribution in [3.8, 4) is 0 Å². The molecule has 0 unspecified atom stereocenters. The first kappa shape index (κ1) is 14.6. The number of hydrogen-bond donors (Lipinski definition) is 1. The minimum atomic E-state index is -0.0992. The summed E-state index contributed by atoms with van der Waals surface area (Å²) in [6, 6.07) is 14.8. The Morgan fingerprint density at radius 3 is 2.60 bits per heavy atom. The summed E-state index contributed by atoms with van der Waals surface area (Å²) in [5.41, 5.74) is 2.62. The van der Waals surface area contributed by atoms with Crippen molar-refractivity contribution in [3.05, 3.63) is 70.2 Å². The van der Waals surface area contributed by atoms with E-state index < -0.39 is 0 Å². The Morgan fingerprint density at radius 2 is 1.90 bits per heavy atom. The fourth-order valence-electron chi connectivity index (χ4n) is 1.86. The smallest absolute Gasteiger partial charge is 0.251 e. The summed E-state index contributed by atoms with van der Waals surface area (Å²) < 4.78 is 5.06. The van der Waals surface area contributed by atoms with E-state index in [-0.39, 0.29) is 5.91 Å². The van der Waals surface area contributed by atoms with E-state index in [1.807, 2.05) is 42.5 Å². The highest BCUT2D eigenvalue weighted by molar-refractivity contribution is 6.30. The highest BCUT2D eigenvalue weighted by atomic mass is 35.5. The molecule has 0 heterocycles. The van der Waals surface area contributed by atoms with Gasteiger partial charge >= 0.3 is 0 Å². The van der Waals surface area contributed by atoms with Gasteiger partial charge < -0.3 is 10.1 Å². The number of rotatable bonds is 5. The van der Waals surface area contributed by atoms with E-state index in [1.165, 1.54) is 0 Å². The predicted molar refractivity (Wildman–Crippen MR) is 79.8 cm³/mol. The third kappa shape index (κ3) is 4.08. The van der Waals surface area contributed by atoms with Gasteiger partial charge in [0.15, 0.2) is 0 Å². The molecule has 1 N–H and O–H groups in total. The van der Waals surface area contributed by atoms with Gasteiger partial charge in [-0.25, -0.2) is 0 Å². The van der Waals surface area contributed by atoms with Gasteiger partial charge in [-0.3, -0.25) is 4.79 Å². The summed E-state index contributed by atoms with van der Waals surface area (Å²) in [5.74, 6) is -0.0992. The number of halogens is 1. The number of ether oxygens (including phenoxy) is 1. The fourth-order valence-corrected chi connectivity index (χ4v) is 1.98. The number of benzene rings is 2. The number of amides is 1. The molecule has 0 aliphatic heterocycles. The zero-order valence-corrected chi connectivity index (χ0v) is 12.0. The lowest BCUT2D eigenvalue weighted by atomic mass is 10.1. The predicted octanol–water partition coefficient (Wildman–Crippen LogP) is 3.42. The largest absolute Gasteiger partial charge is 0.380 e. The van der Waals surface area contributed by atoms with Crippen LogP contribution in [0.15, 0.2) is 48.5 Å². The Balaban J connectivity index is 1.97. The minimum Gasteiger partial charge on any atom is -0.380 e. The van der Waals surface area contributed by atoms with Crippen LogP contribution in [-0.4, -0.2) is 13.0 Å². The topological polar surface area (TPSA) is 38.3 Å². The summed E-state index contributed by atoms with van der Waals surface area (Å²) in [4.78, 5) is 12.1. The van der Waals surface area contributed by atoms with Crippen LogP contribution >= 0.6 is 11.6 Å². The van der Waals surface area contributed by atoms with Crippen LogP contribution in [-0.2, 0) is 17.9 Å². The Labute approximate surface area is 123 Å². The van der Waals surface area contributed by atoms with Gasteiger partial charge in [-0.1, -0.05) is 35.9 Å². The van der Waals surface area contributed by atoms with Gasteiger partial charge in [0.25, 0.3) is 5.91 Å². The summed E-state index contributed by atoms with van der Waals surface area (Å²) in [6.07, 6.45) is 0. The quantitative estimate of drug-likeness (QED) is 0.916. The van der Waals surface area contributed by atoms with Crippen LogP contribution in [0.3, 0.4) is 0 Å². The van der Waals surface area contributed by atoms with Crippen molar-refractivity contribution in [2.45, 2.75) is 13.2 Å². The Kier molecular flexibility index (Phi) is 5.16. The highest BCUT2D eigenvalue weighted by Gasteiger charge is 2.06. The molecule has 2 aromatic rings. The van der Waals surface area contributed by atoms with Crippen molar-refractivity contribution in [2.75, 3.05) is 7.11 Å². The standard InChI is InChI=1S/C16H16ClNO2/c1-20-11-13-3-2-4-14(9-13)16(19)18-10-12-5-7-15(17)8-6-12/h2-9H,10-11H2,1H3,(H,18,19). The molecule has 2 aromatic carbocycles. The molecule has 0 aliphatic rings. The number of hydrogen-bond acceptors (Lipinski definition) is 2. The van der Waals surface area contributed by atoms with Crippen molar-refractivity contribution in [2.24, 2.45) is 0 Å². The molecule has 4 heteroatoms. The van der Waals surface area contributed by atoms with Gasteiger partial charge in [0, 0.05) is 24.2 Å². The van der Waals surface area contributed by atoms with E-state index in [9.17, 15) is 4.79 Å². The average Bonchev–Trinajstić information content (AvgIpc) is 2.47. The number of methoxy groups -OCH3 is 1. The van der Waals surface area contributed by atoms with Gasteiger partial charge in [0.2, 0.25) is 0 Å². The molecule has 1 amide bonds. The minimum absolute atomic E-state index is 0.0992. The molecular weight excluding hydrogens is 274 g/mol. The van der Waals surface area contributed by atoms with E-state index in [0.29, 0.717) is 23.7 Å². The van der Waals surface area contributed by atoms with Crippen LogP contribution in [0, 0.1) is 0 Å². The molecule has 0 saturated heterocycles. The molecule has 0 radical (unpaired) electrons. The molecule has 0 atom stereocenters. The van der Waals surface area contributed by atoms with Crippen LogP contribution in [0.2, 0.25) is 5.02 Å². The summed E-state index contributed by atoms with van der Waals surface area (Å²) in [5, 5.41) is 3.57. The number of carbonyl (C=O) groups excluding carboxylic acids is 1. The van der Waals surface area contributed by atoms with E-state index in [0.717, 1.165) is 11.1 Å². The molecule has 104 valence electrons. The summed E-state index contributed by atoms with van der Waals surface area (Å²) in [7, 11) is 1.63. The zero-order chi connectivity index (χ0) is 14.4. The monoisotopic (exact) mass is 289 g/mol. The van der Waals surface area contributed by atoms with Gasteiger partial charge in [0.05, 0.1) is 6.61 Å². The number of carbonyl (C=O) groups is 1. The first-order chi connectivity index (χ1) is 9.69. The van der Waals surface area contributed by atoms with Gasteiger partial charge in [-0.15, -0.1) is 0 Å². The van der Waals surface area contributed by atoms with Crippen LogP contribution in [0.25, 0.3) is 0 Å². The van der Waals surface area contributed by atoms with Crippen molar-refractivity contribution >= 4 is 17.5 Å². The third-order valence-electron chi connectivity index (χ3n) is 2.87. The van der Waals surface area contributed by atoms with Crippen molar-refractivity contribution in [1.82, 2.24) is 5.32 Å². The average molecular weight is 290 g/mol. The molecule has 0 fully saturated rings. The molecule has 0 aliphatic carbocycles. The second-order valence-corrected chi connectivity index (χ2v) is 4.88. The maximum absolute atomic E-state index is 12.1. The molecule has 0 spiro atoms. The Morgan fingerprint density at radius 1 is 1.15 bits per heavy atom. The maximum Gasteiger partial charge on any atom is 0.251 e. The summed E-state index contributed by atoms with van der Waals surface area (Å²) in [6.45, 7) is 0.975. The maximum atomic E-state index is 12.1. The van der Waals surface area contributed by atoms with Crippen molar-refractivity contribution < 1.29 is 9.53 Å². The van der Waals surface area contributed by atoms with Crippen LogP contribution in [0.4, 0.5) is 0 Å². The van der Waals surface area contributed by atoms with E-state index in [2.05, 4.69) is 5.32 Å². The fraction of sp³-hybridized carbons (Fsp3) is 0.188. The molecular formula is C16H16ClNO2. The third-order valence-corrected chi connectivity index (χ3v) is 3.12. The van der Waals surface area contributed by atoms with Crippen molar-refractivity contribution in [3.63, 3.8) is 0 Å². The van der Waals surface area contributed by atoms with Crippen LogP contribution < -0.4 is 5.32 Å². The second-order valence-electron chi connectivity index (χ2n) is 4.44. The van der Waals surface area contributed by atoms with Crippen LogP contribution in [0.1, 0.15) is 21.5 Å². The van der Waals surface area contributed by atoms with E-state index in [4.69, 9.17) is 16.3 Å². The van der Waals surface area contributed by atoms with Gasteiger partial charge in [-0.2, -0.15) is 0 Å². The lowest BCUT2D eigenvalue weighted by Crippen LogP contribution is -2.22. The van der Waals surface area contributed by atoms with Crippen molar-refractivity contribution in [1.29, 1.82) is 0 Å². The molecule has 0 saturated carbocycles. The summed E-state index contributed by atoms with van der Waals surface area (Å²) >= 11 is 5.82. The first-order valence-electron chi connectivity index (χ1n) is 6.29. The van der Waals surface area contributed by atoms with Crippen LogP contribution in [0.5, 0.6) is 0 Å². The lowest BCUT2D eigenvalue weighted by Gasteiger charge is -2.07. The molecule has 2 rings (SSSR count). The normalized spacial score (nSPS) is 10.3.